The second-order valence-corrected chi connectivity index (χ2v) is 4.41. The zero-order valence-corrected chi connectivity index (χ0v) is 10.3. The van der Waals surface area contributed by atoms with Crippen LogP contribution in [0.3, 0.4) is 0 Å². The molecule has 0 spiro atoms. The van der Waals surface area contributed by atoms with E-state index in [0.29, 0.717) is 6.54 Å². The molecule has 1 aromatic rings. The van der Waals surface area contributed by atoms with E-state index < -0.39 is 0 Å². The number of carbonyl (C=O) groups excluding carboxylic acids is 1. The molecule has 0 saturated heterocycles. The van der Waals surface area contributed by atoms with Gasteiger partial charge in [-0.2, -0.15) is 0 Å². The van der Waals surface area contributed by atoms with Crippen LogP contribution >= 0.6 is 15.9 Å². The van der Waals surface area contributed by atoms with Crippen molar-refractivity contribution in [3.8, 4) is 0 Å². The molecule has 0 aliphatic carbocycles. The molecule has 0 radical (unpaired) electrons. The summed E-state index contributed by atoms with van der Waals surface area (Å²) in [4.78, 5) is 15.3. The van der Waals surface area contributed by atoms with E-state index in [1.54, 1.807) is 12.4 Å². The lowest BCUT2D eigenvalue weighted by Gasteiger charge is -2.09. The number of halogens is 1. The zero-order valence-electron chi connectivity index (χ0n) is 8.75. The number of rotatable bonds is 3. The monoisotopic (exact) mass is 271 g/mol. The summed E-state index contributed by atoms with van der Waals surface area (Å²) in [7, 11) is 0. The van der Waals surface area contributed by atoms with E-state index in [1.165, 1.54) is 0 Å². The Morgan fingerprint density at radius 1 is 1.53 bits per heavy atom. The quantitative estimate of drug-likeness (QED) is 0.884. The second kappa shape index (κ2) is 5.70. The fourth-order valence-electron chi connectivity index (χ4n) is 1.05. The summed E-state index contributed by atoms with van der Waals surface area (Å²) in [6.45, 7) is 4.31. The first-order valence-electron chi connectivity index (χ1n) is 4.71. The molecular formula is C10H14BrN3O. The van der Waals surface area contributed by atoms with Crippen LogP contribution in [0.4, 0.5) is 4.79 Å². The van der Waals surface area contributed by atoms with Crippen LogP contribution in [0.2, 0.25) is 0 Å². The van der Waals surface area contributed by atoms with Crippen molar-refractivity contribution in [1.29, 1.82) is 0 Å². The van der Waals surface area contributed by atoms with Crippen molar-refractivity contribution in [2.45, 2.75) is 26.4 Å². The topological polar surface area (TPSA) is 54.0 Å². The molecule has 0 aliphatic rings. The number of nitrogens with zero attached hydrogens (tertiary/aromatic N) is 1. The van der Waals surface area contributed by atoms with E-state index in [1.807, 2.05) is 19.9 Å². The molecule has 5 heteroatoms. The van der Waals surface area contributed by atoms with Crippen LogP contribution in [-0.4, -0.2) is 17.1 Å². The molecule has 0 unspecified atom stereocenters. The van der Waals surface area contributed by atoms with Crippen LogP contribution in [0, 0.1) is 0 Å². The lowest BCUT2D eigenvalue weighted by atomic mass is 10.3. The SMILES string of the molecule is CC(C)NC(=O)NCc1cncc(Br)c1. The predicted molar refractivity (Wildman–Crippen MR) is 62.4 cm³/mol. The number of hydrogen-bond donors (Lipinski definition) is 2. The van der Waals surface area contributed by atoms with Gasteiger partial charge in [0.05, 0.1) is 0 Å². The maximum Gasteiger partial charge on any atom is 0.315 e. The van der Waals surface area contributed by atoms with Gasteiger partial charge in [-0.15, -0.1) is 0 Å². The summed E-state index contributed by atoms with van der Waals surface area (Å²) in [6, 6.07) is 1.90. The molecule has 2 amide bonds. The molecule has 15 heavy (non-hydrogen) atoms. The van der Waals surface area contributed by atoms with Crippen molar-refractivity contribution in [2.75, 3.05) is 0 Å². The molecule has 0 saturated carbocycles. The van der Waals surface area contributed by atoms with Gasteiger partial charge in [-0.3, -0.25) is 4.98 Å². The largest absolute Gasteiger partial charge is 0.336 e. The molecule has 1 rings (SSSR count). The third kappa shape index (κ3) is 4.78. The Balaban J connectivity index is 2.40. The molecule has 82 valence electrons. The van der Waals surface area contributed by atoms with Crippen LogP contribution in [0.5, 0.6) is 0 Å². The van der Waals surface area contributed by atoms with Gasteiger partial charge in [0, 0.05) is 29.5 Å². The van der Waals surface area contributed by atoms with E-state index in [0.717, 1.165) is 10.0 Å². The van der Waals surface area contributed by atoms with Crippen molar-refractivity contribution >= 4 is 22.0 Å². The van der Waals surface area contributed by atoms with Crippen molar-refractivity contribution in [3.05, 3.63) is 28.5 Å². The van der Waals surface area contributed by atoms with Gasteiger partial charge >= 0.3 is 6.03 Å². The van der Waals surface area contributed by atoms with Gasteiger partial charge in [0.2, 0.25) is 0 Å². The molecule has 0 bridgehead atoms. The van der Waals surface area contributed by atoms with E-state index >= 15 is 0 Å². The van der Waals surface area contributed by atoms with Gasteiger partial charge < -0.3 is 10.6 Å². The highest BCUT2D eigenvalue weighted by Crippen LogP contribution is 2.08. The fourth-order valence-corrected chi connectivity index (χ4v) is 1.46. The van der Waals surface area contributed by atoms with Crippen molar-refractivity contribution in [3.63, 3.8) is 0 Å². The number of pyridine rings is 1. The molecule has 1 heterocycles. The van der Waals surface area contributed by atoms with Crippen LogP contribution in [0.1, 0.15) is 19.4 Å². The highest BCUT2D eigenvalue weighted by Gasteiger charge is 2.02. The van der Waals surface area contributed by atoms with E-state index in [2.05, 4.69) is 31.5 Å². The molecule has 0 fully saturated rings. The highest BCUT2D eigenvalue weighted by atomic mass is 79.9. The average molecular weight is 272 g/mol. The lowest BCUT2D eigenvalue weighted by molar-refractivity contribution is 0.238. The lowest BCUT2D eigenvalue weighted by Crippen LogP contribution is -2.39. The average Bonchev–Trinajstić information content (AvgIpc) is 2.14. The van der Waals surface area contributed by atoms with Gasteiger partial charge in [0.1, 0.15) is 0 Å². The van der Waals surface area contributed by atoms with Crippen molar-refractivity contribution in [2.24, 2.45) is 0 Å². The van der Waals surface area contributed by atoms with Crippen LogP contribution < -0.4 is 10.6 Å². The van der Waals surface area contributed by atoms with E-state index in [9.17, 15) is 4.79 Å². The summed E-state index contributed by atoms with van der Waals surface area (Å²) in [5.74, 6) is 0. The van der Waals surface area contributed by atoms with Crippen LogP contribution in [0.15, 0.2) is 22.9 Å². The third-order valence-electron chi connectivity index (χ3n) is 1.63. The molecular weight excluding hydrogens is 258 g/mol. The normalized spacial score (nSPS) is 10.1. The van der Waals surface area contributed by atoms with Gasteiger partial charge in [0.25, 0.3) is 0 Å². The molecule has 0 aliphatic heterocycles. The summed E-state index contributed by atoms with van der Waals surface area (Å²) < 4.78 is 0.908. The van der Waals surface area contributed by atoms with Crippen LogP contribution in [0.25, 0.3) is 0 Å². The number of urea groups is 1. The minimum atomic E-state index is -0.162. The van der Waals surface area contributed by atoms with Gasteiger partial charge in [0.15, 0.2) is 0 Å². The third-order valence-corrected chi connectivity index (χ3v) is 2.07. The first-order valence-corrected chi connectivity index (χ1v) is 5.51. The minimum Gasteiger partial charge on any atom is -0.336 e. The predicted octanol–water partition coefficient (Wildman–Crippen LogP) is 2.05. The fraction of sp³-hybridized carbons (Fsp3) is 0.400. The number of aromatic nitrogens is 1. The van der Waals surface area contributed by atoms with Gasteiger partial charge in [-0.25, -0.2) is 4.79 Å². The smallest absolute Gasteiger partial charge is 0.315 e. The zero-order chi connectivity index (χ0) is 11.3. The summed E-state index contributed by atoms with van der Waals surface area (Å²) in [5.41, 5.74) is 0.961. The Bertz CT molecular complexity index is 341. The van der Waals surface area contributed by atoms with Gasteiger partial charge in [-0.1, -0.05) is 0 Å². The molecule has 0 atom stereocenters. The second-order valence-electron chi connectivity index (χ2n) is 3.49. The Kier molecular flexibility index (Phi) is 4.55. The summed E-state index contributed by atoms with van der Waals surface area (Å²) in [5, 5.41) is 5.49. The molecule has 4 nitrogen and oxygen atoms in total. The van der Waals surface area contributed by atoms with E-state index in [4.69, 9.17) is 0 Å². The number of hydrogen-bond acceptors (Lipinski definition) is 2. The minimum absolute atomic E-state index is 0.144. The van der Waals surface area contributed by atoms with Crippen LogP contribution in [-0.2, 0) is 6.54 Å². The Labute approximate surface area is 97.6 Å². The van der Waals surface area contributed by atoms with Crippen molar-refractivity contribution in [1.82, 2.24) is 15.6 Å². The molecule has 0 aromatic carbocycles. The maximum atomic E-state index is 11.3. The first kappa shape index (κ1) is 12.0. The van der Waals surface area contributed by atoms with E-state index in [-0.39, 0.29) is 12.1 Å². The summed E-state index contributed by atoms with van der Waals surface area (Å²) in [6.07, 6.45) is 3.43. The maximum absolute atomic E-state index is 11.3. The molecule has 1 aromatic heterocycles. The Hall–Kier alpha value is -1.10. The molecule has 2 N–H and O–H groups in total. The highest BCUT2D eigenvalue weighted by molar-refractivity contribution is 9.10. The Morgan fingerprint density at radius 2 is 2.27 bits per heavy atom. The number of carbonyl (C=O) groups is 1. The summed E-state index contributed by atoms with van der Waals surface area (Å²) >= 11 is 3.32. The Morgan fingerprint density at radius 3 is 2.87 bits per heavy atom. The van der Waals surface area contributed by atoms with Gasteiger partial charge in [-0.05, 0) is 41.4 Å². The first-order chi connectivity index (χ1) is 7.08. The standard InChI is InChI=1S/C10H14BrN3O/c1-7(2)14-10(15)13-5-8-3-9(11)6-12-4-8/h3-4,6-7H,5H2,1-2H3,(H2,13,14,15). The van der Waals surface area contributed by atoms with Crippen molar-refractivity contribution < 1.29 is 4.79 Å². The number of nitrogens with one attached hydrogen (secondary N) is 2. The number of amides is 2.